The molecule has 1 N–H and O–H groups in total. The molecule has 2 rings (SSSR count). The summed E-state index contributed by atoms with van der Waals surface area (Å²) in [6.45, 7) is 0.672. The number of nitrogens with zero attached hydrogens (tertiary/aromatic N) is 1. The van der Waals surface area contributed by atoms with Crippen LogP contribution in [0.4, 0.5) is 17.6 Å². The molecule has 1 aromatic rings. The molecule has 0 saturated carbocycles. The minimum atomic E-state index is -4.66. The van der Waals surface area contributed by atoms with Crippen LogP contribution in [0.2, 0.25) is 0 Å². The van der Waals surface area contributed by atoms with Gasteiger partial charge in [-0.3, -0.25) is 9.59 Å². The molecule has 1 aromatic carbocycles. The zero-order chi connectivity index (χ0) is 18.8. The average Bonchev–Trinajstić information content (AvgIpc) is 2.92. The van der Waals surface area contributed by atoms with Gasteiger partial charge in [-0.25, -0.2) is 4.39 Å². The number of benzene rings is 1. The van der Waals surface area contributed by atoms with E-state index in [1.54, 1.807) is 19.1 Å². The maximum absolute atomic E-state index is 13.2. The number of halogens is 4. The van der Waals surface area contributed by atoms with E-state index in [1.807, 2.05) is 0 Å². The van der Waals surface area contributed by atoms with Crippen LogP contribution < -0.4 is 0 Å². The predicted molar refractivity (Wildman–Crippen MR) is 81.1 cm³/mol. The highest BCUT2D eigenvalue weighted by molar-refractivity contribution is 5.79. The maximum Gasteiger partial charge on any atom is 0.394 e. The van der Waals surface area contributed by atoms with Gasteiger partial charge in [0.05, 0.1) is 11.8 Å². The van der Waals surface area contributed by atoms with Crippen LogP contribution in [-0.2, 0) is 16.0 Å². The van der Waals surface area contributed by atoms with Crippen LogP contribution in [0.15, 0.2) is 24.3 Å². The lowest BCUT2D eigenvalue weighted by atomic mass is 9.96. The number of amides is 1. The molecule has 0 radical (unpaired) electrons. The Morgan fingerprint density at radius 1 is 1.32 bits per heavy atom. The molecular formula is C17H19F4NO3. The van der Waals surface area contributed by atoms with Crippen molar-refractivity contribution in [3.05, 3.63) is 35.6 Å². The van der Waals surface area contributed by atoms with E-state index in [2.05, 4.69) is 0 Å². The monoisotopic (exact) mass is 361 g/mol. The Labute approximate surface area is 142 Å². The van der Waals surface area contributed by atoms with Gasteiger partial charge in [-0.15, -0.1) is 0 Å². The molecule has 4 nitrogen and oxygen atoms in total. The van der Waals surface area contributed by atoms with E-state index in [9.17, 15) is 27.2 Å². The molecule has 1 fully saturated rings. The second-order valence-corrected chi connectivity index (χ2v) is 6.53. The summed E-state index contributed by atoms with van der Waals surface area (Å²) in [5, 5.41) is 8.98. The van der Waals surface area contributed by atoms with Crippen molar-refractivity contribution in [3.63, 3.8) is 0 Å². The molecule has 0 aromatic heterocycles. The first-order valence-electron chi connectivity index (χ1n) is 7.89. The van der Waals surface area contributed by atoms with Crippen molar-refractivity contribution < 1.29 is 32.3 Å². The van der Waals surface area contributed by atoms with Gasteiger partial charge in [0.25, 0.3) is 0 Å². The number of aliphatic carboxylic acids is 1. The number of rotatable bonds is 5. The Kier molecular flexibility index (Phi) is 5.69. The summed E-state index contributed by atoms with van der Waals surface area (Å²) >= 11 is 0. The number of hydrogen-bond donors (Lipinski definition) is 1. The van der Waals surface area contributed by atoms with E-state index in [0.29, 0.717) is 12.0 Å². The zero-order valence-electron chi connectivity index (χ0n) is 13.6. The van der Waals surface area contributed by atoms with Crippen LogP contribution in [0.3, 0.4) is 0 Å². The lowest BCUT2D eigenvalue weighted by molar-refractivity contribution is -0.188. The third kappa shape index (κ3) is 4.93. The molecule has 1 heterocycles. The quantitative estimate of drug-likeness (QED) is 0.820. The van der Waals surface area contributed by atoms with E-state index >= 15 is 0 Å². The second kappa shape index (κ2) is 7.41. The van der Waals surface area contributed by atoms with Gasteiger partial charge in [0, 0.05) is 19.5 Å². The molecule has 0 bridgehead atoms. The summed E-state index contributed by atoms with van der Waals surface area (Å²) in [6.07, 6.45) is -4.28. The van der Waals surface area contributed by atoms with Crippen LogP contribution in [0.1, 0.15) is 18.9 Å². The highest BCUT2D eigenvalue weighted by atomic mass is 19.4. The largest absolute Gasteiger partial charge is 0.481 e. The number of carbonyl (C=O) groups is 2. The molecule has 1 aliphatic rings. The molecule has 0 spiro atoms. The Morgan fingerprint density at radius 2 is 2.00 bits per heavy atom. The molecule has 3 atom stereocenters. The minimum Gasteiger partial charge on any atom is -0.481 e. The van der Waals surface area contributed by atoms with Crippen LogP contribution >= 0.6 is 0 Å². The van der Waals surface area contributed by atoms with Crippen molar-refractivity contribution in [2.75, 3.05) is 13.1 Å². The van der Waals surface area contributed by atoms with Gasteiger partial charge in [-0.2, -0.15) is 13.2 Å². The van der Waals surface area contributed by atoms with Gasteiger partial charge < -0.3 is 10.0 Å². The third-order valence-electron chi connectivity index (χ3n) is 4.41. The summed E-state index contributed by atoms with van der Waals surface area (Å²) in [7, 11) is 0. The van der Waals surface area contributed by atoms with E-state index in [4.69, 9.17) is 5.11 Å². The van der Waals surface area contributed by atoms with E-state index in [-0.39, 0.29) is 12.3 Å². The first-order valence-corrected chi connectivity index (χ1v) is 7.89. The number of carboxylic acids is 1. The molecule has 1 saturated heterocycles. The molecule has 1 amide bonds. The average molecular weight is 361 g/mol. The lowest BCUT2D eigenvalue weighted by Gasteiger charge is -2.20. The zero-order valence-corrected chi connectivity index (χ0v) is 13.6. The molecule has 0 aliphatic carbocycles. The molecule has 1 aliphatic heterocycles. The lowest BCUT2D eigenvalue weighted by Crippen LogP contribution is -2.34. The summed E-state index contributed by atoms with van der Waals surface area (Å²) in [5.74, 6) is -6.35. The molecule has 25 heavy (non-hydrogen) atoms. The van der Waals surface area contributed by atoms with Gasteiger partial charge >= 0.3 is 12.1 Å². The Morgan fingerprint density at radius 3 is 2.52 bits per heavy atom. The highest BCUT2D eigenvalue weighted by Crippen LogP contribution is 2.38. The molecule has 138 valence electrons. The smallest absolute Gasteiger partial charge is 0.394 e. The van der Waals surface area contributed by atoms with Crippen molar-refractivity contribution in [2.45, 2.75) is 25.9 Å². The fourth-order valence-electron chi connectivity index (χ4n) is 3.16. The Bertz CT molecular complexity index is 647. The topological polar surface area (TPSA) is 57.6 Å². The van der Waals surface area contributed by atoms with Crippen LogP contribution in [0, 0.1) is 23.6 Å². The van der Waals surface area contributed by atoms with Crippen LogP contribution in [-0.4, -0.2) is 41.1 Å². The summed E-state index contributed by atoms with van der Waals surface area (Å²) in [4.78, 5) is 24.3. The first kappa shape index (κ1) is 19.2. The molecule has 1 unspecified atom stereocenters. The first-order chi connectivity index (χ1) is 11.6. The highest BCUT2D eigenvalue weighted by Gasteiger charge is 2.53. The number of carbonyl (C=O) groups excluding carboxylic acids is 1. The number of alkyl halides is 3. The van der Waals surface area contributed by atoms with Crippen molar-refractivity contribution in [2.24, 2.45) is 17.8 Å². The summed E-state index contributed by atoms with van der Waals surface area (Å²) < 4.78 is 52.0. The Balaban J connectivity index is 1.97. The van der Waals surface area contributed by atoms with Crippen LogP contribution in [0.5, 0.6) is 0 Å². The number of carboxylic acid groups (broad SMARTS) is 1. The normalized spacial score (nSPS) is 22.0. The second-order valence-electron chi connectivity index (χ2n) is 6.53. The molecular weight excluding hydrogens is 342 g/mol. The fraction of sp³-hybridized carbons (Fsp3) is 0.529. The summed E-state index contributed by atoms with van der Waals surface area (Å²) in [6, 6.07) is 5.90. The van der Waals surface area contributed by atoms with Crippen molar-refractivity contribution >= 4 is 11.9 Å². The van der Waals surface area contributed by atoms with E-state index in [1.165, 1.54) is 12.1 Å². The fourth-order valence-corrected chi connectivity index (χ4v) is 3.16. The standard InChI is InChI=1S/C17H19F4NO3/c1-10(5-11-3-2-4-12(18)7-11)6-15(23)22-8-13(16(24)25)14(9-22)17(19,20)21/h2-4,7,10,13-14H,5-6,8-9H2,1H3,(H,24,25)/t10?,13-,14-/m1/s1. The van der Waals surface area contributed by atoms with Gasteiger partial charge in [0.1, 0.15) is 5.82 Å². The Hall–Kier alpha value is -2.12. The number of hydrogen-bond acceptors (Lipinski definition) is 2. The number of likely N-dealkylation sites (tertiary alicyclic amines) is 1. The van der Waals surface area contributed by atoms with Crippen molar-refractivity contribution in [1.29, 1.82) is 0 Å². The van der Waals surface area contributed by atoms with Crippen LogP contribution in [0.25, 0.3) is 0 Å². The van der Waals surface area contributed by atoms with Gasteiger partial charge in [-0.1, -0.05) is 19.1 Å². The maximum atomic E-state index is 13.2. The van der Waals surface area contributed by atoms with E-state index < -0.39 is 48.8 Å². The SMILES string of the molecule is CC(CC(=O)N1C[C@@H](C(F)(F)F)[C@H](C(=O)O)C1)Cc1cccc(F)c1. The van der Waals surface area contributed by atoms with Gasteiger partial charge in [-0.05, 0) is 30.0 Å². The van der Waals surface area contributed by atoms with Crippen molar-refractivity contribution in [1.82, 2.24) is 4.90 Å². The third-order valence-corrected chi connectivity index (χ3v) is 4.41. The minimum absolute atomic E-state index is 0.0204. The molecule has 8 heteroatoms. The van der Waals surface area contributed by atoms with Gasteiger partial charge in [0.15, 0.2) is 0 Å². The van der Waals surface area contributed by atoms with Crippen molar-refractivity contribution in [3.8, 4) is 0 Å². The van der Waals surface area contributed by atoms with Gasteiger partial charge in [0.2, 0.25) is 5.91 Å². The van der Waals surface area contributed by atoms with E-state index in [0.717, 1.165) is 4.90 Å². The predicted octanol–water partition coefficient (Wildman–Crippen LogP) is 3.12. The summed E-state index contributed by atoms with van der Waals surface area (Å²) in [5.41, 5.74) is 0.693.